The van der Waals surface area contributed by atoms with Crippen LogP contribution in [0, 0.1) is 11.8 Å². The van der Waals surface area contributed by atoms with Crippen LogP contribution in [-0.4, -0.2) is 29.2 Å². The number of benzene rings is 1. The van der Waals surface area contributed by atoms with Crippen LogP contribution in [0.15, 0.2) is 27.8 Å². The van der Waals surface area contributed by atoms with E-state index >= 15 is 0 Å². The van der Waals surface area contributed by atoms with Crippen LogP contribution in [0.4, 0.5) is 5.69 Å². The summed E-state index contributed by atoms with van der Waals surface area (Å²) >= 11 is 0. The molecule has 0 unspecified atom stereocenters. The zero-order valence-electron chi connectivity index (χ0n) is 11.5. The molecule has 21 heavy (non-hydrogen) atoms. The highest BCUT2D eigenvalue weighted by molar-refractivity contribution is 6.02. The number of aromatic nitrogens is 2. The second-order valence-corrected chi connectivity index (χ2v) is 5.37. The Morgan fingerprint density at radius 2 is 1.95 bits per heavy atom. The van der Waals surface area contributed by atoms with Gasteiger partial charge < -0.3 is 10.6 Å². The molecule has 1 aromatic carbocycles. The summed E-state index contributed by atoms with van der Waals surface area (Å²) < 4.78 is 0. The molecular formula is C14H16N4O3. The third-order valence-electron chi connectivity index (χ3n) is 3.94. The van der Waals surface area contributed by atoms with Crippen molar-refractivity contribution in [1.29, 1.82) is 0 Å². The van der Waals surface area contributed by atoms with Gasteiger partial charge >= 0.3 is 0 Å². The lowest BCUT2D eigenvalue weighted by Gasteiger charge is -2.15. The third kappa shape index (κ3) is 2.36. The van der Waals surface area contributed by atoms with Crippen molar-refractivity contribution in [3.05, 3.63) is 38.9 Å². The molecular weight excluding hydrogens is 272 g/mol. The van der Waals surface area contributed by atoms with Gasteiger partial charge in [0.1, 0.15) is 0 Å². The van der Waals surface area contributed by atoms with Crippen LogP contribution >= 0.6 is 0 Å². The predicted molar refractivity (Wildman–Crippen MR) is 79.3 cm³/mol. The van der Waals surface area contributed by atoms with Gasteiger partial charge in [0.05, 0.1) is 22.4 Å². The van der Waals surface area contributed by atoms with E-state index in [4.69, 9.17) is 0 Å². The summed E-state index contributed by atoms with van der Waals surface area (Å²) in [4.78, 5) is 36.0. The van der Waals surface area contributed by atoms with E-state index in [1.54, 1.807) is 18.2 Å². The van der Waals surface area contributed by atoms with Gasteiger partial charge in [0.2, 0.25) is 5.91 Å². The van der Waals surface area contributed by atoms with Crippen LogP contribution in [0.2, 0.25) is 0 Å². The Morgan fingerprint density at radius 3 is 2.67 bits per heavy atom. The van der Waals surface area contributed by atoms with Gasteiger partial charge in [-0.1, -0.05) is 13.0 Å². The highest BCUT2D eigenvalue weighted by Crippen LogP contribution is 2.21. The fraction of sp³-hybridized carbons (Fsp3) is 0.357. The van der Waals surface area contributed by atoms with Gasteiger partial charge in [0.15, 0.2) is 0 Å². The molecule has 2 atom stereocenters. The van der Waals surface area contributed by atoms with Crippen molar-refractivity contribution in [2.75, 3.05) is 18.4 Å². The summed E-state index contributed by atoms with van der Waals surface area (Å²) in [5.41, 5.74) is -0.460. The minimum atomic E-state index is -0.432. The van der Waals surface area contributed by atoms with E-state index in [1.165, 1.54) is 0 Å². The molecule has 0 aliphatic carbocycles. The largest absolute Gasteiger partial charge is 0.325 e. The molecule has 7 heteroatoms. The second kappa shape index (κ2) is 5.17. The van der Waals surface area contributed by atoms with Gasteiger partial charge in [0.25, 0.3) is 11.1 Å². The standard InChI is InChI=1S/C14H16N4O3/c1-7-5-15-6-9(7)12(19)16-10-4-2-3-8-11(10)14(21)18-17-13(8)20/h2-4,7,9,15H,5-6H2,1H3,(H,16,19)(H,17,20)(H,18,21)/t7-,9-/m1/s1. The molecule has 0 bridgehead atoms. The topological polar surface area (TPSA) is 107 Å². The van der Waals surface area contributed by atoms with Crippen LogP contribution in [0.5, 0.6) is 0 Å². The van der Waals surface area contributed by atoms with E-state index in [9.17, 15) is 14.4 Å². The summed E-state index contributed by atoms with van der Waals surface area (Å²) in [7, 11) is 0. The summed E-state index contributed by atoms with van der Waals surface area (Å²) in [6, 6.07) is 4.82. The summed E-state index contributed by atoms with van der Waals surface area (Å²) in [5, 5.41) is 10.9. The van der Waals surface area contributed by atoms with Crippen LogP contribution in [0.25, 0.3) is 10.8 Å². The van der Waals surface area contributed by atoms with E-state index in [2.05, 4.69) is 20.8 Å². The molecule has 1 aliphatic rings. The molecule has 4 N–H and O–H groups in total. The van der Waals surface area contributed by atoms with Crippen LogP contribution in [-0.2, 0) is 4.79 Å². The molecule has 0 spiro atoms. The average molecular weight is 288 g/mol. The fourth-order valence-corrected chi connectivity index (χ4v) is 2.72. The van der Waals surface area contributed by atoms with Gasteiger partial charge in [-0.05, 0) is 24.6 Å². The number of anilines is 1. The molecule has 1 aliphatic heterocycles. The Balaban J connectivity index is 2.02. The molecule has 2 aromatic rings. The number of amides is 1. The second-order valence-electron chi connectivity index (χ2n) is 5.37. The van der Waals surface area contributed by atoms with Crippen molar-refractivity contribution in [3.8, 4) is 0 Å². The minimum absolute atomic E-state index is 0.138. The molecule has 1 fully saturated rings. The Morgan fingerprint density at radius 1 is 1.19 bits per heavy atom. The summed E-state index contributed by atoms with van der Waals surface area (Å²) in [5.74, 6) is -0.0392. The molecule has 0 saturated carbocycles. The van der Waals surface area contributed by atoms with Gasteiger partial charge in [-0.2, -0.15) is 0 Å². The maximum Gasteiger partial charge on any atom is 0.272 e. The number of hydrogen-bond donors (Lipinski definition) is 4. The highest BCUT2D eigenvalue weighted by Gasteiger charge is 2.29. The quantitative estimate of drug-likeness (QED) is 0.624. The number of H-pyrrole nitrogens is 2. The van der Waals surface area contributed by atoms with Crippen molar-refractivity contribution in [3.63, 3.8) is 0 Å². The first kappa shape index (κ1) is 13.6. The lowest BCUT2D eigenvalue weighted by Crippen LogP contribution is -2.29. The van der Waals surface area contributed by atoms with Gasteiger partial charge in [-0.25, -0.2) is 0 Å². The van der Waals surface area contributed by atoms with Crippen molar-refractivity contribution in [2.24, 2.45) is 11.8 Å². The zero-order valence-corrected chi connectivity index (χ0v) is 11.5. The molecule has 0 radical (unpaired) electrons. The first-order valence-electron chi connectivity index (χ1n) is 6.83. The molecule has 1 amide bonds. The molecule has 7 nitrogen and oxygen atoms in total. The van der Waals surface area contributed by atoms with E-state index in [1.807, 2.05) is 6.92 Å². The number of carbonyl (C=O) groups excluding carboxylic acids is 1. The maximum absolute atomic E-state index is 12.3. The molecule has 1 saturated heterocycles. The number of rotatable bonds is 2. The highest BCUT2D eigenvalue weighted by atomic mass is 16.2. The average Bonchev–Trinajstić information content (AvgIpc) is 2.89. The van der Waals surface area contributed by atoms with Gasteiger partial charge in [-0.15, -0.1) is 0 Å². The van der Waals surface area contributed by atoms with E-state index in [-0.39, 0.29) is 28.5 Å². The monoisotopic (exact) mass is 288 g/mol. The van der Waals surface area contributed by atoms with E-state index < -0.39 is 11.1 Å². The van der Waals surface area contributed by atoms with Crippen LogP contribution < -0.4 is 21.8 Å². The number of nitrogens with one attached hydrogen (secondary N) is 4. The normalized spacial score (nSPS) is 21.6. The Bertz CT molecular complexity index is 808. The van der Waals surface area contributed by atoms with Gasteiger partial charge in [0, 0.05) is 6.54 Å². The molecule has 1 aromatic heterocycles. The Hall–Kier alpha value is -2.41. The summed E-state index contributed by atoms with van der Waals surface area (Å²) in [6.45, 7) is 3.42. The van der Waals surface area contributed by atoms with E-state index in [0.717, 1.165) is 6.54 Å². The Kier molecular flexibility index (Phi) is 3.34. The number of aromatic amines is 2. The lowest BCUT2D eigenvalue weighted by molar-refractivity contribution is -0.120. The first-order valence-corrected chi connectivity index (χ1v) is 6.83. The van der Waals surface area contributed by atoms with Gasteiger partial charge in [-0.3, -0.25) is 24.6 Å². The molecule has 110 valence electrons. The molecule has 3 rings (SSSR count). The smallest absolute Gasteiger partial charge is 0.272 e. The predicted octanol–water partition coefficient (Wildman–Crippen LogP) is 0.0104. The lowest BCUT2D eigenvalue weighted by atomic mass is 9.97. The third-order valence-corrected chi connectivity index (χ3v) is 3.94. The zero-order chi connectivity index (χ0) is 15.0. The van der Waals surface area contributed by atoms with Crippen molar-refractivity contribution in [2.45, 2.75) is 6.92 Å². The number of fused-ring (bicyclic) bond motifs is 1. The van der Waals surface area contributed by atoms with E-state index in [0.29, 0.717) is 12.2 Å². The fourth-order valence-electron chi connectivity index (χ4n) is 2.72. The van der Waals surface area contributed by atoms with Crippen molar-refractivity contribution >= 4 is 22.4 Å². The van der Waals surface area contributed by atoms with Crippen molar-refractivity contribution < 1.29 is 4.79 Å². The maximum atomic E-state index is 12.3. The number of carbonyl (C=O) groups is 1. The SMILES string of the molecule is C[C@@H]1CNC[C@H]1C(=O)Nc1cccc2c(=O)[nH][nH]c(=O)c12. The first-order chi connectivity index (χ1) is 10.1. The Labute approximate surface area is 119 Å². The van der Waals surface area contributed by atoms with Crippen LogP contribution in [0.3, 0.4) is 0 Å². The summed E-state index contributed by atoms with van der Waals surface area (Å²) in [6.07, 6.45) is 0. The molecule has 2 heterocycles. The number of hydrogen-bond acceptors (Lipinski definition) is 4. The van der Waals surface area contributed by atoms with Crippen LogP contribution in [0.1, 0.15) is 6.92 Å². The van der Waals surface area contributed by atoms with Crippen molar-refractivity contribution in [1.82, 2.24) is 15.5 Å². The minimum Gasteiger partial charge on any atom is -0.325 e.